The number of carbonyl (C=O) groups is 1. The van der Waals surface area contributed by atoms with Crippen LogP contribution in [0.15, 0.2) is 24.5 Å². The molecule has 10 heteroatoms. The van der Waals surface area contributed by atoms with Gasteiger partial charge in [-0.2, -0.15) is 0 Å². The van der Waals surface area contributed by atoms with E-state index >= 15 is 0 Å². The molecule has 5 heterocycles. The number of fused-ring (bicyclic) bond motifs is 2. The summed E-state index contributed by atoms with van der Waals surface area (Å²) in [5, 5.41) is 11.5. The lowest BCUT2D eigenvalue weighted by Gasteiger charge is -2.37. The zero-order valence-electron chi connectivity index (χ0n) is 16.9. The smallest absolute Gasteiger partial charge is 0.231 e. The van der Waals surface area contributed by atoms with Crippen LogP contribution in [-0.4, -0.2) is 59.6 Å². The Balaban J connectivity index is 1.46. The summed E-state index contributed by atoms with van der Waals surface area (Å²) in [6, 6.07) is 3.23. The van der Waals surface area contributed by atoms with Gasteiger partial charge >= 0.3 is 0 Å². The first-order valence-electron chi connectivity index (χ1n) is 9.84. The Morgan fingerprint density at radius 1 is 1.17 bits per heavy atom. The molecular formula is C20H21FN8O. The topological polar surface area (TPSA) is 92.7 Å². The third-order valence-electron chi connectivity index (χ3n) is 5.43. The molecular weight excluding hydrogens is 387 g/mol. The fraction of sp³-hybridized carbons (Fsp3) is 0.350. The summed E-state index contributed by atoms with van der Waals surface area (Å²) in [4.78, 5) is 23.1. The minimum absolute atomic E-state index is 0.0554. The van der Waals surface area contributed by atoms with E-state index in [1.807, 2.05) is 13.0 Å². The molecule has 30 heavy (non-hydrogen) atoms. The fourth-order valence-corrected chi connectivity index (χ4v) is 3.74. The van der Waals surface area contributed by atoms with E-state index in [1.54, 1.807) is 23.7 Å². The van der Waals surface area contributed by atoms with Crippen LogP contribution < -0.4 is 5.32 Å². The van der Waals surface area contributed by atoms with Crippen LogP contribution in [0.25, 0.3) is 22.6 Å². The highest BCUT2D eigenvalue weighted by atomic mass is 19.1. The molecule has 4 aromatic heterocycles. The molecule has 0 radical (unpaired) electrons. The number of pyridine rings is 1. The minimum atomic E-state index is -0.497. The van der Waals surface area contributed by atoms with E-state index in [1.165, 1.54) is 10.7 Å². The Hall–Kier alpha value is -3.40. The average Bonchev–Trinajstić information content (AvgIpc) is 3.23. The number of likely N-dealkylation sites (tertiary alicyclic amines) is 1. The van der Waals surface area contributed by atoms with Gasteiger partial charge in [0.05, 0.1) is 17.8 Å². The number of anilines is 1. The van der Waals surface area contributed by atoms with Crippen molar-refractivity contribution in [1.29, 1.82) is 0 Å². The average molecular weight is 408 g/mol. The predicted octanol–water partition coefficient (Wildman–Crippen LogP) is 2.09. The molecule has 0 aromatic carbocycles. The summed E-state index contributed by atoms with van der Waals surface area (Å²) in [7, 11) is 0. The standard InChI is InChI=1S/C20H21FN8O/c1-4-27-7-14(8-27)20(30)24-17-10-28-9-13(6-15(21)19(28)23-17)16-5-11(2)18-22-12(3)25-29(18)26-16/h5-6,9-10,14H,4,7-8H2,1-3H3,(H,24,30). The number of amides is 1. The Morgan fingerprint density at radius 2 is 1.97 bits per heavy atom. The van der Waals surface area contributed by atoms with Crippen molar-refractivity contribution in [2.24, 2.45) is 5.92 Å². The largest absolute Gasteiger partial charge is 0.309 e. The number of nitrogens with zero attached hydrogens (tertiary/aromatic N) is 7. The van der Waals surface area contributed by atoms with Gasteiger partial charge in [0, 0.05) is 24.8 Å². The molecule has 1 aliphatic rings. The molecule has 1 fully saturated rings. The lowest BCUT2D eigenvalue weighted by Crippen LogP contribution is -2.51. The number of halogens is 1. The van der Waals surface area contributed by atoms with Crippen molar-refractivity contribution in [3.05, 3.63) is 41.7 Å². The van der Waals surface area contributed by atoms with E-state index in [9.17, 15) is 9.18 Å². The molecule has 5 rings (SSSR count). The lowest BCUT2D eigenvalue weighted by atomic mass is 9.99. The van der Waals surface area contributed by atoms with E-state index in [2.05, 4.69) is 37.3 Å². The second kappa shape index (κ2) is 6.84. The predicted molar refractivity (Wildman–Crippen MR) is 109 cm³/mol. The Labute approximate surface area is 171 Å². The second-order valence-corrected chi connectivity index (χ2v) is 7.66. The number of aromatic nitrogens is 6. The molecule has 154 valence electrons. The number of hydrogen-bond donors (Lipinski definition) is 1. The maximum absolute atomic E-state index is 14.8. The van der Waals surface area contributed by atoms with Crippen molar-refractivity contribution >= 4 is 23.0 Å². The third-order valence-corrected chi connectivity index (χ3v) is 5.43. The van der Waals surface area contributed by atoms with Gasteiger partial charge in [0.1, 0.15) is 5.82 Å². The van der Waals surface area contributed by atoms with E-state index in [0.29, 0.717) is 28.5 Å². The molecule has 0 unspecified atom stereocenters. The lowest BCUT2D eigenvalue weighted by molar-refractivity contribution is -0.124. The maximum Gasteiger partial charge on any atom is 0.231 e. The summed E-state index contributed by atoms with van der Waals surface area (Å²) in [5.74, 6) is 0.307. The van der Waals surface area contributed by atoms with Crippen LogP contribution in [0.4, 0.5) is 10.2 Å². The van der Waals surface area contributed by atoms with Crippen LogP contribution in [0, 0.1) is 25.6 Å². The Kier molecular flexibility index (Phi) is 4.24. The number of rotatable bonds is 4. The van der Waals surface area contributed by atoms with Crippen molar-refractivity contribution in [1.82, 2.24) is 34.1 Å². The number of carbonyl (C=O) groups excluding carboxylic acids is 1. The molecule has 0 bridgehead atoms. The zero-order valence-corrected chi connectivity index (χ0v) is 16.9. The van der Waals surface area contributed by atoms with Crippen LogP contribution in [0.5, 0.6) is 0 Å². The van der Waals surface area contributed by atoms with Crippen molar-refractivity contribution in [2.45, 2.75) is 20.8 Å². The van der Waals surface area contributed by atoms with Crippen molar-refractivity contribution in [3.63, 3.8) is 0 Å². The summed E-state index contributed by atoms with van der Waals surface area (Å²) >= 11 is 0. The van der Waals surface area contributed by atoms with Gasteiger partial charge in [-0.05, 0) is 38.1 Å². The van der Waals surface area contributed by atoms with Crippen molar-refractivity contribution < 1.29 is 9.18 Å². The van der Waals surface area contributed by atoms with Crippen LogP contribution in [-0.2, 0) is 4.79 Å². The molecule has 9 nitrogen and oxygen atoms in total. The van der Waals surface area contributed by atoms with Crippen LogP contribution >= 0.6 is 0 Å². The summed E-state index contributed by atoms with van der Waals surface area (Å²) in [5.41, 5.74) is 2.85. The van der Waals surface area contributed by atoms with Crippen LogP contribution in [0.2, 0.25) is 0 Å². The van der Waals surface area contributed by atoms with Gasteiger partial charge in [-0.15, -0.1) is 14.8 Å². The maximum atomic E-state index is 14.8. The van der Waals surface area contributed by atoms with Gasteiger partial charge in [-0.25, -0.2) is 14.4 Å². The molecule has 0 aliphatic carbocycles. The van der Waals surface area contributed by atoms with Crippen LogP contribution in [0.1, 0.15) is 18.3 Å². The molecule has 1 N–H and O–H groups in total. The van der Waals surface area contributed by atoms with E-state index in [0.717, 1.165) is 25.2 Å². The minimum Gasteiger partial charge on any atom is -0.309 e. The molecule has 1 saturated heterocycles. The summed E-state index contributed by atoms with van der Waals surface area (Å²) < 4.78 is 17.8. The fourth-order valence-electron chi connectivity index (χ4n) is 3.74. The number of imidazole rings is 1. The quantitative estimate of drug-likeness (QED) is 0.556. The van der Waals surface area contributed by atoms with Gasteiger partial charge in [0.15, 0.2) is 22.9 Å². The van der Waals surface area contributed by atoms with Gasteiger partial charge in [-0.3, -0.25) is 4.79 Å². The molecule has 4 aromatic rings. The number of aryl methyl sites for hydroxylation is 2. The number of nitrogens with one attached hydrogen (secondary N) is 1. The number of hydrogen-bond acceptors (Lipinski definition) is 6. The molecule has 1 amide bonds. The molecule has 0 atom stereocenters. The van der Waals surface area contributed by atoms with E-state index in [4.69, 9.17) is 0 Å². The normalized spacial score (nSPS) is 15.1. The summed E-state index contributed by atoms with van der Waals surface area (Å²) in [6.45, 7) is 8.18. The highest BCUT2D eigenvalue weighted by Gasteiger charge is 2.31. The first kappa shape index (κ1) is 18.6. The molecule has 0 saturated carbocycles. The van der Waals surface area contributed by atoms with Crippen molar-refractivity contribution in [3.8, 4) is 11.3 Å². The second-order valence-electron chi connectivity index (χ2n) is 7.66. The van der Waals surface area contributed by atoms with E-state index in [-0.39, 0.29) is 17.5 Å². The van der Waals surface area contributed by atoms with Crippen LogP contribution in [0.3, 0.4) is 0 Å². The Bertz CT molecular complexity index is 1290. The molecule has 0 spiro atoms. The third kappa shape index (κ3) is 3.09. The highest BCUT2D eigenvalue weighted by molar-refractivity contribution is 5.92. The first-order chi connectivity index (χ1) is 14.4. The van der Waals surface area contributed by atoms with Gasteiger partial charge in [0.25, 0.3) is 0 Å². The van der Waals surface area contributed by atoms with Crippen molar-refractivity contribution in [2.75, 3.05) is 25.0 Å². The zero-order chi connectivity index (χ0) is 21.0. The Morgan fingerprint density at radius 3 is 2.73 bits per heavy atom. The van der Waals surface area contributed by atoms with E-state index < -0.39 is 5.82 Å². The monoisotopic (exact) mass is 408 g/mol. The van der Waals surface area contributed by atoms with Gasteiger partial charge in [0.2, 0.25) is 5.91 Å². The first-order valence-corrected chi connectivity index (χ1v) is 9.84. The SMILES string of the molecule is CCN1CC(C(=O)Nc2cn3cc(-c4cc(C)c5nc(C)nn5n4)cc(F)c3n2)C1. The highest BCUT2D eigenvalue weighted by Crippen LogP contribution is 2.24. The molecule has 1 aliphatic heterocycles. The van der Waals surface area contributed by atoms with Gasteiger partial charge in [-0.1, -0.05) is 6.92 Å². The van der Waals surface area contributed by atoms with Gasteiger partial charge < -0.3 is 14.6 Å². The summed E-state index contributed by atoms with van der Waals surface area (Å²) in [6.07, 6.45) is 3.35.